The van der Waals surface area contributed by atoms with Crippen LogP contribution in [0.25, 0.3) is 0 Å². The summed E-state index contributed by atoms with van der Waals surface area (Å²) in [7, 11) is -1.43. The Bertz CT molecular complexity index is 283. The molecule has 1 atom stereocenters. The van der Waals surface area contributed by atoms with Gasteiger partial charge in [0, 0.05) is 24.5 Å². The van der Waals surface area contributed by atoms with Gasteiger partial charge in [-0.2, -0.15) is 5.10 Å². The van der Waals surface area contributed by atoms with Crippen molar-refractivity contribution in [1.29, 1.82) is 0 Å². The smallest absolute Gasteiger partial charge is 0.423 e. The topological polar surface area (TPSA) is 67.5 Å². The fraction of sp³-hybridized carbons (Fsp3) is 0.571. The summed E-state index contributed by atoms with van der Waals surface area (Å²) in [6.45, 7) is 1.41. The minimum absolute atomic E-state index is 0.243. The van der Waals surface area contributed by atoms with Crippen LogP contribution in [-0.4, -0.2) is 40.2 Å². The predicted octanol–water partition coefficient (Wildman–Crippen LogP) is -1.48. The summed E-state index contributed by atoms with van der Waals surface area (Å²) in [5.41, 5.74) is 0.423. The van der Waals surface area contributed by atoms with Crippen molar-refractivity contribution in [2.24, 2.45) is 0 Å². The number of ether oxygens (including phenoxy) is 1. The van der Waals surface area contributed by atoms with Crippen LogP contribution in [0.15, 0.2) is 12.4 Å². The zero-order valence-electron chi connectivity index (χ0n) is 7.13. The lowest BCUT2D eigenvalue weighted by atomic mass is 9.83. The maximum Gasteiger partial charge on any atom is 0.491 e. The normalized spacial score (nSPS) is 22.2. The van der Waals surface area contributed by atoms with Gasteiger partial charge in [-0.25, -0.2) is 0 Å². The molecule has 2 rings (SSSR count). The standard InChI is InChI=1S/C7H11BN2O3/c11-8(12)6-3-9-10(4-6)7-1-2-13-5-7/h3-4,7,11-12H,1-2,5H2. The molecule has 0 amide bonds. The summed E-state index contributed by atoms with van der Waals surface area (Å²) in [6.07, 6.45) is 4.04. The van der Waals surface area contributed by atoms with Gasteiger partial charge in [-0.3, -0.25) is 4.68 Å². The molecule has 0 bridgehead atoms. The molecule has 1 saturated heterocycles. The summed E-state index contributed by atoms with van der Waals surface area (Å²) in [5.74, 6) is 0. The van der Waals surface area contributed by atoms with E-state index in [2.05, 4.69) is 5.10 Å². The van der Waals surface area contributed by atoms with Gasteiger partial charge in [-0.1, -0.05) is 0 Å². The van der Waals surface area contributed by atoms with Gasteiger partial charge in [0.25, 0.3) is 0 Å². The average Bonchev–Trinajstić information content (AvgIpc) is 2.75. The number of nitrogens with zero attached hydrogens (tertiary/aromatic N) is 2. The van der Waals surface area contributed by atoms with Crippen molar-refractivity contribution in [2.75, 3.05) is 13.2 Å². The summed E-state index contributed by atoms with van der Waals surface area (Å²) in [4.78, 5) is 0. The van der Waals surface area contributed by atoms with Crippen LogP contribution in [-0.2, 0) is 4.74 Å². The minimum Gasteiger partial charge on any atom is -0.423 e. The van der Waals surface area contributed by atoms with Crippen LogP contribution in [0.2, 0.25) is 0 Å². The Morgan fingerprint density at radius 1 is 1.62 bits per heavy atom. The van der Waals surface area contributed by atoms with E-state index in [1.165, 1.54) is 6.20 Å². The Morgan fingerprint density at radius 2 is 2.46 bits per heavy atom. The van der Waals surface area contributed by atoms with Crippen molar-refractivity contribution < 1.29 is 14.8 Å². The van der Waals surface area contributed by atoms with Crippen LogP contribution >= 0.6 is 0 Å². The molecule has 1 aromatic rings. The number of aromatic nitrogens is 2. The van der Waals surface area contributed by atoms with Crippen molar-refractivity contribution in [3.05, 3.63) is 12.4 Å². The summed E-state index contributed by atoms with van der Waals surface area (Å²) in [6, 6.07) is 0.243. The van der Waals surface area contributed by atoms with E-state index in [9.17, 15) is 0 Å². The van der Waals surface area contributed by atoms with Gasteiger partial charge >= 0.3 is 7.12 Å². The number of hydrogen-bond donors (Lipinski definition) is 2. The highest BCUT2D eigenvalue weighted by Gasteiger charge is 2.20. The molecule has 0 radical (unpaired) electrons. The van der Waals surface area contributed by atoms with Gasteiger partial charge in [-0.15, -0.1) is 0 Å². The van der Waals surface area contributed by atoms with Crippen molar-refractivity contribution in [1.82, 2.24) is 9.78 Å². The molecular weight excluding hydrogens is 171 g/mol. The van der Waals surface area contributed by atoms with Crippen LogP contribution in [0.4, 0.5) is 0 Å². The second-order valence-corrected chi connectivity index (χ2v) is 3.14. The van der Waals surface area contributed by atoms with Gasteiger partial charge < -0.3 is 14.8 Å². The van der Waals surface area contributed by atoms with Gasteiger partial charge in [0.2, 0.25) is 0 Å². The predicted molar refractivity (Wildman–Crippen MR) is 46.5 cm³/mol. The van der Waals surface area contributed by atoms with E-state index in [4.69, 9.17) is 14.8 Å². The third-order valence-electron chi connectivity index (χ3n) is 2.20. The molecule has 1 aliphatic rings. The molecule has 70 valence electrons. The lowest BCUT2D eigenvalue weighted by molar-refractivity contribution is 0.184. The maximum absolute atomic E-state index is 8.85. The van der Waals surface area contributed by atoms with Crippen LogP contribution in [0.5, 0.6) is 0 Å². The first-order chi connectivity index (χ1) is 6.27. The van der Waals surface area contributed by atoms with Crippen molar-refractivity contribution in [3.63, 3.8) is 0 Å². The molecule has 0 saturated carbocycles. The van der Waals surface area contributed by atoms with E-state index in [0.29, 0.717) is 12.1 Å². The molecule has 1 unspecified atom stereocenters. The van der Waals surface area contributed by atoms with Crippen molar-refractivity contribution in [3.8, 4) is 0 Å². The summed E-state index contributed by atoms with van der Waals surface area (Å²) in [5, 5.41) is 21.7. The lowest BCUT2D eigenvalue weighted by Gasteiger charge is -2.06. The lowest BCUT2D eigenvalue weighted by Crippen LogP contribution is -2.28. The zero-order chi connectivity index (χ0) is 9.26. The largest absolute Gasteiger partial charge is 0.491 e. The van der Waals surface area contributed by atoms with Crippen molar-refractivity contribution in [2.45, 2.75) is 12.5 Å². The average molecular weight is 182 g/mol. The highest BCUT2D eigenvalue weighted by molar-refractivity contribution is 6.58. The highest BCUT2D eigenvalue weighted by Crippen LogP contribution is 2.16. The molecular formula is C7H11BN2O3. The molecule has 0 spiro atoms. The number of rotatable bonds is 2. The van der Waals surface area contributed by atoms with Gasteiger partial charge in [0.15, 0.2) is 0 Å². The summed E-state index contributed by atoms with van der Waals surface area (Å²) >= 11 is 0. The molecule has 6 heteroatoms. The van der Waals surface area contributed by atoms with Gasteiger partial charge in [0.1, 0.15) is 0 Å². The van der Waals surface area contributed by atoms with Crippen LogP contribution < -0.4 is 5.46 Å². The molecule has 0 aliphatic carbocycles. The third kappa shape index (κ3) is 1.74. The first-order valence-electron chi connectivity index (χ1n) is 4.25. The van der Waals surface area contributed by atoms with E-state index in [-0.39, 0.29) is 6.04 Å². The molecule has 2 heterocycles. The first kappa shape index (κ1) is 8.74. The Labute approximate surface area is 76.1 Å². The second-order valence-electron chi connectivity index (χ2n) is 3.14. The Balaban J connectivity index is 2.12. The Hall–Kier alpha value is -0.845. The fourth-order valence-corrected chi connectivity index (χ4v) is 1.42. The summed E-state index contributed by atoms with van der Waals surface area (Å²) < 4.78 is 6.92. The molecule has 1 aromatic heterocycles. The quantitative estimate of drug-likeness (QED) is 0.547. The monoisotopic (exact) mass is 182 g/mol. The molecule has 13 heavy (non-hydrogen) atoms. The Kier molecular flexibility index (Phi) is 2.35. The van der Waals surface area contributed by atoms with Gasteiger partial charge in [0.05, 0.1) is 12.6 Å². The van der Waals surface area contributed by atoms with Crippen molar-refractivity contribution >= 4 is 12.6 Å². The first-order valence-corrected chi connectivity index (χ1v) is 4.25. The van der Waals surface area contributed by atoms with E-state index in [1.807, 2.05) is 0 Å². The SMILES string of the molecule is OB(O)c1cnn(C2CCOC2)c1. The van der Waals surface area contributed by atoms with E-state index < -0.39 is 7.12 Å². The molecule has 0 aromatic carbocycles. The highest BCUT2D eigenvalue weighted by atomic mass is 16.5. The van der Waals surface area contributed by atoms with E-state index in [1.54, 1.807) is 10.9 Å². The maximum atomic E-state index is 8.85. The molecule has 1 fully saturated rings. The van der Waals surface area contributed by atoms with Crippen LogP contribution in [0.1, 0.15) is 12.5 Å². The zero-order valence-corrected chi connectivity index (χ0v) is 7.13. The Morgan fingerprint density at radius 3 is 3.00 bits per heavy atom. The van der Waals surface area contributed by atoms with Gasteiger partial charge in [-0.05, 0) is 6.42 Å². The molecule has 5 nitrogen and oxygen atoms in total. The van der Waals surface area contributed by atoms with Crippen LogP contribution in [0, 0.1) is 0 Å². The minimum atomic E-state index is -1.43. The van der Waals surface area contributed by atoms with E-state index in [0.717, 1.165) is 13.0 Å². The van der Waals surface area contributed by atoms with E-state index >= 15 is 0 Å². The molecule has 2 N–H and O–H groups in total. The number of hydrogen-bond acceptors (Lipinski definition) is 4. The second kappa shape index (κ2) is 3.49. The fourth-order valence-electron chi connectivity index (χ4n) is 1.42. The van der Waals surface area contributed by atoms with Crippen LogP contribution in [0.3, 0.4) is 0 Å². The third-order valence-corrected chi connectivity index (χ3v) is 2.20. The molecule has 1 aliphatic heterocycles.